The summed E-state index contributed by atoms with van der Waals surface area (Å²) < 4.78 is 5.46. The van der Waals surface area contributed by atoms with Gasteiger partial charge in [-0.25, -0.2) is 0 Å². The Bertz CT molecular complexity index is 291. The molecular weight excluding hydrogens is 164 g/mol. The Morgan fingerprint density at radius 3 is 3.31 bits per heavy atom. The third-order valence-corrected chi connectivity index (χ3v) is 2.20. The van der Waals surface area contributed by atoms with Crippen molar-refractivity contribution >= 4 is 0 Å². The quantitative estimate of drug-likeness (QED) is 0.633. The highest BCUT2D eigenvalue weighted by Gasteiger charge is 2.19. The molecule has 2 aliphatic heterocycles. The first-order chi connectivity index (χ1) is 6.29. The van der Waals surface area contributed by atoms with Crippen LogP contribution in [0.4, 0.5) is 0 Å². The highest BCUT2D eigenvalue weighted by molar-refractivity contribution is 5.29. The van der Waals surface area contributed by atoms with Crippen molar-refractivity contribution in [2.45, 2.75) is 19.4 Å². The van der Waals surface area contributed by atoms with Crippen molar-refractivity contribution in [3.8, 4) is 0 Å². The van der Waals surface area contributed by atoms with E-state index < -0.39 is 0 Å². The lowest BCUT2D eigenvalue weighted by atomic mass is 10.1. The molecule has 0 bridgehead atoms. The normalized spacial score (nSPS) is 25.9. The number of allylic oxidation sites excluding steroid dienone is 1. The zero-order chi connectivity index (χ0) is 9.26. The molecule has 1 unspecified atom stereocenters. The Kier molecular flexibility index (Phi) is 2.00. The van der Waals surface area contributed by atoms with Gasteiger partial charge in [-0.15, -0.1) is 0 Å². The van der Waals surface area contributed by atoms with E-state index in [1.165, 1.54) is 0 Å². The van der Waals surface area contributed by atoms with E-state index in [0.29, 0.717) is 12.6 Å². The largest absolute Gasteiger partial charge is 0.484 e. The lowest BCUT2D eigenvalue weighted by Gasteiger charge is -2.29. The number of nitrogens with one attached hydrogen (secondary N) is 2. The van der Waals surface area contributed by atoms with Crippen LogP contribution < -0.4 is 10.6 Å². The first-order valence-electron chi connectivity index (χ1n) is 4.56. The van der Waals surface area contributed by atoms with Crippen molar-refractivity contribution in [3.63, 3.8) is 0 Å². The molecule has 0 spiro atoms. The smallest absolute Gasteiger partial charge is 0.159 e. The summed E-state index contributed by atoms with van der Waals surface area (Å²) in [6.45, 7) is 6.52. The summed E-state index contributed by atoms with van der Waals surface area (Å²) >= 11 is 0. The second-order valence-electron chi connectivity index (χ2n) is 3.27. The standard InChI is InChI=1S/C10H14N2O/c1-3-8-4-5-9-10(12-8)11-7(2)6-13-9/h4-5,8,11-12H,2-3,6H2,1H3. The van der Waals surface area contributed by atoms with Crippen LogP contribution in [-0.4, -0.2) is 12.6 Å². The lowest BCUT2D eigenvalue weighted by Crippen LogP contribution is -2.39. The summed E-state index contributed by atoms with van der Waals surface area (Å²) in [5, 5.41) is 6.51. The van der Waals surface area contributed by atoms with Gasteiger partial charge in [0.1, 0.15) is 12.4 Å². The topological polar surface area (TPSA) is 33.3 Å². The number of rotatable bonds is 1. The maximum absolute atomic E-state index is 5.46. The molecule has 2 aliphatic rings. The van der Waals surface area contributed by atoms with Crippen LogP contribution in [0.15, 0.2) is 36.0 Å². The molecule has 0 saturated heterocycles. The fourth-order valence-electron chi connectivity index (χ4n) is 1.43. The van der Waals surface area contributed by atoms with Crippen molar-refractivity contribution < 1.29 is 4.74 Å². The van der Waals surface area contributed by atoms with Gasteiger partial charge in [0.2, 0.25) is 0 Å². The molecule has 0 aromatic heterocycles. The molecule has 0 fully saturated rings. The molecule has 3 heteroatoms. The maximum Gasteiger partial charge on any atom is 0.159 e. The molecule has 70 valence electrons. The fraction of sp³-hybridized carbons (Fsp3) is 0.400. The van der Waals surface area contributed by atoms with Crippen LogP contribution in [0.1, 0.15) is 13.3 Å². The van der Waals surface area contributed by atoms with Crippen LogP contribution >= 0.6 is 0 Å². The molecule has 0 aromatic rings. The average molecular weight is 178 g/mol. The molecule has 0 aliphatic carbocycles. The van der Waals surface area contributed by atoms with Crippen molar-refractivity contribution in [2.24, 2.45) is 0 Å². The highest BCUT2D eigenvalue weighted by Crippen LogP contribution is 2.17. The molecule has 0 saturated carbocycles. The van der Waals surface area contributed by atoms with E-state index in [4.69, 9.17) is 4.74 Å². The minimum absolute atomic E-state index is 0.403. The van der Waals surface area contributed by atoms with Gasteiger partial charge in [0.25, 0.3) is 0 Å². The summed E-state index contributed by atoms with van der Waals surface area (Å²) in [4.78, 5) is 0. The predicted molar refractivity (Wildman–Crippen MR) is 51.6 cm³/mol. The molecule has 1 atom stereocenters. The van der Waals surface area contributed by atoms with E-state index in [1.54, 1.807) is 0 Å². The molecule has 0 aromatic carbocycles. The van der Waals surface area contributed by atoms with E-state index in [0.717, 1.165) is 23.7 Å². The van der Waals surface area contributed by atoms with Crippen LogP contribution in [0.2, 0.25) is 0 Å². The van der Waals surface area contributed by atoms with E-state index in [1.807, 2.05) is 6.08 Å². The highest BCUT2D eigenvalue weighted by atomic mass is 16.5. The second-order valence-corrected chi connectivity index (χ2v) is 3.27. The van der Waals surface area contributed by atoms with E-state index in [9.17, 15) is 0 Å². The third kappa shape index (κ3) is 1.54. The molecule has 0 radical (unpaired) electrons. The van der Waals surface area contributed by atoms with E-state index in [-0.39, 0.29) is 0 Å². The monoisotopic (exact) mass is 178 g/mol. The van der Waals surface area contributed by atoms with Gasteiger partial charge in [-0.1, -0.05) is 19.6 Å². The van der Waals surface area contributed by atoms with Crippen LogP contribution in [0.25, 0.3) is 0 Å². The first-order valence-corrected chi connectivity index (χ1v) is 4.56. The molecule has 2 N–H and O–H groups in total. The number of hydrogen-bond acceptors (Lipinski definition) is 3. The molecule has 2 rings (SSSR count). The lowest BCUT2D eigenvalue weighted by molar-refractivity contribution is 0.219. The van der Waals surface area contributed by atoms with Crippen LogP contribution in [0.5, 0.6) is 0 Å². The van der Waals surface area contributed by atoms with Crippen molar-refractivity contribution in [1.29, 1.82) is 0 Å². The Morgan fingerprint density at radius 1 is 1.69 bits per heavy atom. The van der Waals surface area contributed by atoms with Crippen LogP contribution in [0, 0.1) is 0 Å². The van der Waals surface area contributed by atoms with E-state index >= 15 is 0 Å². The van der Waals surface area contributed by atoms with Crippen LogP contribution in [-0.2, 0) is 4.74 Å². The van der Waals surface area contributed by atoms with Crippen molar-refractivity contribution in [3.05, 3.63) is 36.0 Å². The number of ether oxygens (including phenoxy) is 1. The van der Waals surface area contributed by atoms with Gasteiger partial charge in [0.05, 0.1) is 0 Å². The fourth-order valence-corrected chi connectivity index (χ4v) is 1.43. The molecule has 3 nitrogen and oxygen atoms in total. The molecular formula is C10H14N2O. The molecule has 2 heterocycles. The van der Waals surface area contributed by atoms with E-state index in [2.05, 4.69) is 30.2 Å². The SMILES string of the molecule is C=C1COC2=C(N1)NC(CC)C=C2. The Balaban J connectivity index is 2.16. The Hall–Kier alpha value is -1.38. The first kappa shape index (κ1) is 8.23. The Labute approximate surface area is 78.2 Å². The Morgan fingerprint density at radius 2 is 2.54 bits per heavy atom. The summed E-state index contributed by atoms with van der Waals surface area (Å²) in [7, 11) is 0. The zero-order valence-electron chi connectivity index (χ0n) is 7.76. The predicted octanol–water partition coefficient (Wildman–Crippen LogP) is 1.23. The van der Waals surface area contributed by atoms with Crippen molar-refractivity contribution in [1.82, 2.24) is 10.6 Å². The number of hydrogen-bond donors (Lipinski definition) is 2. The summed E-state index contributed by atoms with van der Waals surface area (Å²) in [5.41, 5.74) is 0.899. The van der Waals surface area contributed by atoms with Gasteiger partial charge in [-0.3, -0.25) is 0 Å². The van der Waals surface area contributed by atoms with Gasteiger partial charge < -0.3 is 15.4 Å². The summed E-state index contributed by atoms with van der Waals surface area (Å²) in [5.74, 6) is 1.84. The summed E-state index contributed by atoms with van der Waals surface area (Å²) in [6, 6.07) is 0.403. The minimum atomic E-state index is 0.403. The summed E-state index contributed by atoms with van der Waals surface area (Å²) in [6.07, 6.45) is 5.20. The van der Waals surface area contributed by atoms with Gasteiger partial charge in [-0.05, 0) is 12.5 Å². The van der Waals surface area contributed by atoms with Gasteiger partial charge in [0, 0.05) is 11.7 Å². The van der Waals surface area contributed by atoms with Crippen molar-refractivity contribution in [2.75, 3.05) is 6.61 Å². The van der Waals surface area contributed by atoms with Gasteiger partial charge in [-0.2, -0.15) is 0 Å². The third-order valence-electron chi connectivity index (χ3n) is 2.20. The average Bonchev–Trinajstić information content (AvgIpc) is 2.16. The molecule has 13 heavy (non-hydrogen) atoms. The second kappa shape index (κ2) is 3.17. The van der Waals surface area contributed by atoms with Gasteiger partial charge >= 0.3 is 0 Å². The number of dihydropyridines is 1. The zero-order valence-corrected chi connectivity index (χ0v) is 7.76. The van der Waals surface area contributed by atoms with Gasteiger partial charge in [0.15, 0.2) is 5.76 Å². The van der Waals surface area contributed by atoms with Crippen LogP contribution in [0.3, 0.4) is 0 Å². The minimum Gasteiger partial charge on any atom is -0.484 e. The maximum atomic E-state index is 5.46. The molecule has 0 amide bonds.